The molecule has 2 heterocycles. The van der Waals surface area contributed by atoms with E-state index in [0.717, 1.165) is 4.31 Å². The molecule has 2 amide bonds. The molecule has 0 aromatic heterocycles. The Morgan fingerprint density at radius 1 is 1.12 bits per heavy atom. The van der Waals surface area contributed by atoms with Crippen LogP contribution in [0.3, 0.4) is 0 Å². The summed E-state index contributed by atoms with van der Waals surface area (Å²) in [5.41, 5.74) is 0.500. The van der Waals surface area contributed by atoms with E-state index in [2.05, 4.69) is 0 Å². The summed E-state index contributed by atoms with van der Waals surface area (Å²) in [6.07, 6.45) is 0.404. The lowest BCUT2D eigenvalue weighted by Crippen LogP contribution is -2.37. The molecule has 0 bridgehead atoms. The minimum atomic E-state index is -3.69. The topological polar surface area (TPSA) is 109 Å². The number of rotatable bonds is 3. The average molecular weight is 400 g/mol. The van der Waals surface area contributed by atoms with Gasteiger partial charge in [0.25, 0.3) is 5.91 Å². The molecule has 0 radical (unpaired) electrons. The summed E-state index contributed by atoms with van der Waals surface area (Å²) in [4.78, 5) is 26.1. The monoisotopic (exact) mass is 400 g/mol. The minimum absolute atomic E-state index is 0.0499. The predicted molar refractivity (Wildman–Crippen MR) is 96.0 cm³/mol. The zero-order valence-electron chi connectivity index (χ0n) is 14.5. The molecule has 0 N–H and O–H groups in total. The largest absolute Gasteiger partial charge is 0.338 e. The van der Waals surface area contributed by atoms with E-state index in [1.54, 1.807) is 14.0 Å². The van der Waals surface area contributed by atoms with Crippen LogP contribution in [0.15, 0.2) is 24.3 Å². The number of anilines is 1. The molecular weight excluding hydrogens is 380 g/mol. The van der Waals surface area contributed by atoms with Crippen molar-refractivity contribution in [1.29, 1.82) is 0 Å². The zero-order chi connectivity index (χ0) is 19.3. The van der Waals surface area contributed by atoms with Gasteiger partial charge in [-0.05, 0) is 30.7 Å². The van der Waals surface area contributed by atoms with E-state index in [-0.39, 0.29) is 34.9 Å². The third kappa shape index (κ3) is 3.35. The van der Waals surface area contributed by atoms with Gasteiger partial charge in [0, 0.05) is 18.7 Å². The first-order valence-corrected chi connectivity index (χ1v) is 11.6. The summed E-state index contributed by atoms with van der Waals surface area (Å²) < 4.78 is 48.2. The van der Waals surface area contributed by atoms with Crippen LogP contribution in [0.2, 0.25) is 0 Å². The molecule has 0 spiro atoms. The number of sulfone groups is 1. The molecule has 8 nitrogen and oxygen atoms in total. The summed E-state index contributed by atoms with van der Waals surface area (Å²) in [5.74, 6) is -1.64. The maximum absolute atomic E-state index is 12.6. The van der Waals surface area contributed by atoms with E-state index in [1.165, 1.54) is 29.2 Å². The maximum Gasteiger partial charge on any atom is 0.253 e. The molecule has 142 valence electrons. The highest BCUT2D eigenvalue weighted by molar-refractivity contribution is 7.94. The predicted octanol–water partition coefficient (Wildman–Crippen LogP) is 0.258. The molecular formula is C16H20N2O6S2. The van der Waals surface area contributed by atoms with Gasteiger partial charge in [0.1, 0.15) is 0 Å². The number of nitrogens with zero attached hydrogens (tertiary/aromatic N) is 2. The maximum atomic E-state index is 12.6. The van der Waals surface area contributed by atoms with E-state index < -0.39 is 31.7 Å². The minimum Gasteiger partial charge on any atom is -0.338 e. The van der Waals surface area contributed by atoms with Crippen LogP contribution in [0.25, 0.3) is 0 Å². The fourth-order valence-corrected chi connectivity index (χ4v) is 6.87. The number of amides is 2. The van der Waals surface area contributed by atoms with Gasteiger partial charge in [0.15, 0.2) is 9.84 Å². The van der Waals surface area contributed by atoms with Crippen LogP contribution in [-0.2, 0) is 24.7 Å². The second-order valence-corrected chi connectivity index (χ2v) is 10.9. The third-order valence-electron chi connectivity index (χ3n) is 4.79. The highest BCUT2D eigenvalue weighted by atomic mass is 32.2. The SMILES string of the molecule is CC1CS(=O)(=O)N(c2ccc(C(=O)N(C)C3CCS(=O)(=O)C3)cc2)C1=O. The molecule has 10 heteroatoms. The summed E-state index contributed by atoms with van der Waals surface area (Å²) >= 11 is 0. The Bertz CT molecular complexity index is 953. The van der Waals surface area contributed by atoms with Crippen LogP contribution in [0, 0.1) is 5.92 Å². The summed E-state index contributed by atoms with van der Waals surface area (Å²) in [6.45, 7) is 1.56. The van der Waals surface area contributed by atoms with Gasteiger partial charge in [0.05, 0.1) is 28.9 Å². The summed E-state index contributed by atoms with van der Waals surface area (Å²) in [5, 5.41) is 0. The quantitative estimate of drug-likeness (QED) is 0.720. The van der Waals surface area contributed by atoms with E-state index in [1.807, 2.05) is 0 Å². The van der Waals surface area contributed by atoms with Crippen molar-refractivity contribution in [2.45, 2.75) is 19.4 Å². The zero-order valence-corrected chi connectivity index (χ0v) is 16.1. The fraction of sp³-hybridized carbons (Fsp3) is 0.500. The number of carbonyl (C=O) groups excluding carboxylic acids is 2. The van der Waals surface area contributed by atoms with Crippen molar-refractivity contribution in [3.05, 3.63) is 29.8 Å². The van der Waals surface area contributed by atoms with Crippen LogP contribution < -0.4 is 4.31 Å². The molecule has 2 aliphatic rings. The van der Waals surface area contributed by atoms with Crippen molar-refractivity contribution in [1.82, 2.24) is 4.90 Å². The van der Waals surface area contributed by atoms with Gasteiger partial charge in [-0.15, -0.1) is 0 Å². The molecule has 2 fully saturated rings. The highest BCUT2D eigenvalue weighted by Crippen LogP contribution is 2.28. The van der Waals surface area contributed by atoms with Gasteiger partial charge in [-0.1, -0.05) is 6.92 Å². The Hall–Kier alpha value is -1.94. The lowest BCUT2D eigenvalue weighted by Gasteiger charge is -2.23. The van der Waals surface area contributed by atoms with Crippen LogP contribution >= 0.6 is 0 Å². The molecule has 3 rings (SSSR count). The van der Waals surface area contributed by atoms with Crippen LogP contribution in [-0.4, -0.2) is 63.9 Å². The van der Waals surface area contributed by atoms with Crippen LogP contribution in [0.5, 0.6) is 0 Å². The molecule has 2 unspecified atom stereocenters. The normalized spacial score (nSPS) is 26.8. The van der Waals surface area contributed by atoms with Gasteiger partial charge in [-0.3, -0.25) is 9.59 Å². The first-order valence-electron chi connectivity index (χ1n) is 8.16. The first kappa shape index (κ1) is 18.8. The number of hydrogen-bond donors (Lipinski definition) is 0. The van der Waals surface area contributed by atoms with Gasteiger partial charge in [-0.25, -0.2) is 21.1 Å². The number of carbonyl (C=O) groups is 2. The second kappa shape index (κ2) is 6.34. The molecule has 2 saturated heterocycles. The Labute approximate surface area is 152 Å². The standard InChI is InChI=1S/C16H20N2O6S2/c1-11-9-26(23,24)18(15(11)19)13-5-3-12(4-6-13)16(20)17(2)14-7-8-25(21,22)10-14/h3-6,11,14H,7-10H2,1-2H3. The van der Waals surface area contributed by atoms with Crippen molar-refractivity contribution in [2.75, 3.05) is 28.6 Å². The third-order valence-corrected chi connectivity index (χ3v) is 8.40. The Balaban J connectivity index is 1.80. The molecule has 1 aromatic rings. The van der Waals surface area contributed by atoms with Crippen molar-refractivity contribution >= 4 is 37.4 Å². The van der Waals surface area contributed by atoms with Gasteiger partial charge in [-0.2, -0.15) is 0 Å². The van der Waals surface area contributed by atoms with E-state index in [4.69, 9.17) is 0 Å². The van der Waals surface area contributed by atoms with Crippen molar-refractivity contribution in [2.24, 2.45) is 5.92 Å². The van der Waals surface area contributed by atoms with E-state index in [0.29, 0.717) is 12.0 Å². The first-order chi connectivity index (χ1) is 12.0. The van der Waals surface area contributed by atoms with Crippen molar-refractivity contribution in [3.8, 4) is 0 Å². The van der Waals surface area contributed by atoms with Gasteiger partial charge >= 0.3 is 0 Å². The number of benzene rings is 1. The molecule has 0 saturated carbocycles. The van der Waals surface area contributed by atoms with Gasteiger partial charge in [0.2, 0.25) is 15.9 Å². The van der Waals surface area contributed by atoms with Crippen LogP contribution in [0.1, 0.15) is 23.7 Å². The summed E-state index contributed by atoms with van der Waals surface area (Å²) in [6, 6.07) is 5.36. The van der Waals surface area contributed by atoms with Crippen molar-refractivity contribution in [3.63, 3.8) is 0 Å². The molecule has 26 heavy (non-hydrogen) atoms. The molecule has 1 aromatic carbocycles. The van der Waals surface area contributed by atoms with Gasteiger partial charge < -0.3 is 4.90 Å². The smallest absolute Gasteiger partial charge is 0.253 e. The number of sulfonamides is 1. The Morgan fingerprint density at radius 2 is 1.73 bits per heavy atom. The fourth-order valence-electron chi connectivity index (χ4n) is 3.28. The Kier molecular flexibility index (Phi) is 4.60. The van der Waals surface area contributed by atoms with Crippen LogP contribution in [0.4, 0.5) is 5.69 Å². The number of hydrogen-bond acceptors (Lipinski definition) is 6. The molecule has 0 aliphatic carbocycles. The second-order valence-electron chi connectivity index (χ2n) is 6.80. The summed E-state index contributed by atoms with van der Waals surface area (Å²) in [7, 11) is -5.24. The van der Waals surface area contributed by atoms with Crippen molar-refractivity contribution < 1.29 is 26.4 Å². The van der Waals surface area contributed by atoms with E-state index in [9.17, 15) is 26.4 Å². The Morgan fingerprint density at radius 3 is 2.19 bits per heavy atom. The average Bonchev–Trinajstić information content (AvgIpc) is 3.02. The lowest BCUT2D eigenvalue weighted by atomic mass is 10.1. The molecule has 2 atom stereocenters. The highest BCUT2D eigenvalue weighted by Gasteiger charge is 2.42. The van der Waals surface area contributed by atoms with E-state index >= 15 is 0 Å². The molecule has 2 aliphatic heterocycles. The lowest BCUT2D eigenvalue weighted by molar-refractivity contribution is -0.119.